The molecule has 342 valence electrons. The predicted molar refractivity (Wildman–Crippen MR) is 284 cm³/mol. The molecular formula is C62H68N4O. The van der Waals surface area contributed by atoms with Gasteiger partial charge in [0.1, 0.15) is 17.3 Å². The molecule has 6 aromatic carbocycles. The summed E-state index contributed by atoms with van der Waals surface area (Å²) in [4.78, 5) is 9.80. The molecule has 0 amide bonds. The summed E-state index contributed by atoms with van der Waals surface area (Å²) in [6.45, 7) is 30.6. The zero-order chi connectivity index (χ0) is 47.7. The van der Waals surface area contributed by atoms with Gasteiger partial charge in [-0.25, -0.2) is 4.98 Å². The number of pyridine rings is 1. The van der Waals surface area contributed by atoms with Crippen LogP contribution in [0.4, 0.5) is 11.4 Å². The van der Waals surface area contributed by atoms with Crippen molar-refractivity contribution < 1.29 is 4.74 Å². The Labute approximate surface area is 399 Å². The molecule has 1 aliphatic rings. The van der Waals surface area contributed by atoms with E-state index >= 15 is 0 Å². The molecule has 0 bridgehead atoms. The summed E-state index contributed by atoms with van der Waals surface area (Å²) in [5.41, 5.74) is 12.6. The van der Waals surface area contributed by atoms with Crippen LogP contribution in [0.2, 0.25) is 0 Å². The fourth-order valence-corrected chi connectivity index (χ4v) is 9.64. The second kappa shape index (κ2) is 16.6. The number of benzene rings is 6. The van der Waals surface area contributed by atoms with Crippen molar-refractivity contribution in [1.29, 1.82) is 0 Å². The molecule has 3 heterocycles. The maximum atomic E-state index is 7.24. The van der Waals surface area contributed by atoms with Gasteiger partial charge in [0.15, 0.2) is 0 Å². The smallest absolute Gasteiger partial charge is 0.137 e. The molecule has 0 unspecified atom stereocenters. The van der Waals surface area contributed by atoms with Crippen molar-refractivity contribution in [2.45, 2.75) is 117 Å². The molecule has 0 spiro atoms. The van der Waals surface area contributed by atoms with E-state index in [1.807, 2.05) is 6.20 Å². The highest BCUT2D eigenvalue weighted by atomic mass is 16.5. The molecule has 5 heteroatoms. The Morgan fingerprint density at radius 1 is 0.433 bits per heavy atom. The number of rotatable bonds is 9. The van der Waals surface area contributed by atoms with E-state index in [-0.39, 0.29) is 27.1 Å². The Morgan fingerprint density at radius 2 is 0.955 bits per heavy atom. The fraction of sp³-hybridized carbons (Fsp3) is 0.306. The summed E-state index contributed by atoms with van der Waals surface area (Å²) in [6.07, 6.45) is 6.39. The van der Waals surface area contributed by atoms with Gasteiger partial charge in [-0.3, -0.25) is 4.57 Å². The Morgan fingerprint density at radius 3 is 1.54 bits per heavy atom. The number of nitrogens with zero attached hydrogens (tertiary/aromatic N) is 4. The average Bonchev–Trinajstić information content (AvgIpc) is 3.92. The minimum absolute atomic E-state index is 0.0206. The second-order valence-corrected chi connectivity index (χ2v) is 22.8. The Balaban J connectivity index is 1.17. The molecule has 2 aromatic heterocycles. The summed E-state index contributed by atoms with van der Waals surface area (Å²) in [5, 5.41) is 2.42. The van der Waals surface area contributed by atoms with Crippen LogP contribution in [0.5, 0.6) is 11.5 Å². The van der Waals surface area contributed by atoms with E-state index in [1.54, 1.807) is 0 Å². The molecule has 67 heavy (non-hydrogen) atoms. The Kier molecular flexibility index (Phi) is 11.3. The van der Waals surface area contributed by atoms with Crippen LogP contribution in [0, 0.1) is 0 Å². The van der Waals surface area contributed by atoms with Gasteiger partial charge >= 0.3 is 0 Å². The molecule has 0 saturated heterocycles. The molecule has 0 saturated carbocycles. The van der Waals surface area contributed by atoms with Crippen molar-refractivity contribution in [2.24, 2.45) is 0 Å². The van der Waals surface area contributed by atoms with Gasteiger partial charge in [-0.2, -0.15) is 0 Å². The fourth-order valence-electron chi connectivity index (χ4n) is 9.64. The Hall–Kier alpha value is -6.59. The van der Waals surface area contributed by atoms with Crippen LogP contribution in [0.3, 0.4) is 0 Å². The average molecular weight is 885 g/mol. The zero-order valence-corrected chi connectivity index (χ0v) is 42.0. The van der Waals surface area contributed by atoms with Crippen molar-refractivity contribution in [3.05, 3.63) is 203 Å². The van der Waals surface area contributed by atoms with Gasteiger partial charge in [-0.15, -0.1) is 0 Å². The molecule has 0 atom stereocenters. The number of aromatic nitrogens is 2. The van der Waals surface area contributed by atoms with Crippen LogP contribution in [-0.4, -0.2) is 16.2 Å². The van der Waals surface area contributed by atoms with E-state index in [9.17, 15) is 0 Å². The third-order valence-corrected chi connectivity index (χ3v) is 14.1. The molecule has 0 radical (unpaired) electrons. The molecular weight excluding hydrogens is 817 g/mol. The highest BCUT2D eigenvalue weighted by Crippen LogP contribution is 2.45. The third kappa shape index (κ3) is 8.77. The minimum atomic E-state index is -0.307. The first-order valence-electron chi connectivity index (χ1n) is 24.0. The topological polar surface area (TPSA) is 33.5 Å². The summed E-state index contributed by atoms with van der Waals surface area (Å²) in [6, 6.07) is 53.1. The van der Waals surface area contributed by atoms with E-state index in [4.69, 9.17) is 9.72 Å². The maximum Gasteiger partial charge on any atom is 0.137 e. The quantitative estimate of drug-likeness (QED) is 0.145. The monoisotopic (exact) mass is 885 g/mol. The molecule has 1 aliphatic heterocycles. The highest BCUT2D eigenvalue weighted by Gasteiger charge is 2.30. The first kappa shape index (κ1) is 45.6. The Bertz CT molecular complexity index is 3100. The van der Waals surface area contributed by atoms with Crippen molar-refractivity contribution in [1.82, 2.24) is 9.55 Å². The van der Waals surface area contributed by atoms with Crippen LogP contribution in [0.15, 0.2) is 164 Å². The van der Waals surface area contributed by atoms with E-state index in [1.165, 1.54) is 55.4 Å². The van der Waals surface area contributed by atoms with Gasteiger partial charge in [0.25, 0.3) is 0 Å². The van der Waals surface area contributed by atoms with E-state index in [0.717, 1.165) is 34.0 Å². The second-order valence-electron chi connectivity index (χ2n) is 22.8. The van der Waals surface area contributed by atoms with Crippen molar-refractivity contribution >= 4 is 33.2 Å². The van der Waals surface area contributed by atoms with Crippen LogP contribution in [0.1, 0.15) is 129 Å². The predicted octanol–water partition coefficient (Wildman–Crippen LogP) is 16.3. The third-order valence-electron chi connectivity index (χ3n) is 14.1. The summed E-state index contributed by atoms with van der Waals surface area (Å²) < 4.78 is 9.57. The van der Waals surface area contributed by atoms with Gasteiger partial charge in [-0.05, 0) is 104 Å². The summed E-state index contributed by atoms with van der Waals surface area (Å²) >= 11 is 0. The molecule has 0 N–H and O–H groups in total. The lowest BCUT2D eigenvalue weighted by atomic mass is 9.78. The summed E-state index contributed by atoms with van der Waals surface area (Å²) in [7, 11) is 0. The molecule has 5 nitrogen and oxygen atoms in total. The summed E-state index contributed by atoms with van der Waals surface area (Å²) in [5.74, 6) is 2.46. The van der Waals surface area contributed by atoms with Crippen molar-refractivity contribution in [3.8, 4) is 17.3 Å². The SMILES string of the molecule is CC(C)(C)c1cc(N2C=CN(c3cc(Oc4cc(C(C)(C)C)c5c6ccccc6n(-c6cc(C(C)(C)c7ccccc7)ccn6)c5c4)cc(C(C)(C)c4ccccc4)c3)C2)cc(C(C)(C)C)c1. The molecule has 0 aliphatic carbocycles. The number of anilines is 2. The number of hydrogen-bond donors (Lipinski definition) is 0. The molecule has 9 rings (SSSR count). The van der Waals surface area contributed by atoms with E-state index in [2.05, 4.69) is 262 Å². The number of ether oxygens (including phenoxy) is 1. The van der Waals surface area contributed by atoms with Crippen molar-refractivity contribution in [2.75, 3.05) is 16.5 Å². The lowest BCUT2D eigenvalue weighted by Crippen LogP contribution is -2.26. The zero-order valence-electron chi connectivity index (χ0n) is 42.0. The molecule has 8 aromatic rings. The maximum absolute atomic E-state index is 7.24. The van der Waals surface area contributed by atoms with E-state index in [0.29, 0.717) is 6.67 Å². The lowest BCUT2D eigenvalue weighted by Gasteiger charge is -2.30. The number of para-hydroxylation sites is 1. The van der Waals surface area contributed by atoms with Crippen LogP contribution >= 0.6 is 0 Å². The van der Waals surface area contributed by atoms with Crippen molar-refractivity contribution in [3.63, 3.8) is 0 Å². The first-order chi connectivity index (χ1) is 31.6. The van der Waals surface area contributed by atoms with Gasteiger partial charge in [0, 0.05) is 63.7 Å². The van der Waals surface area contributed by atoms with Gasteiger partial charge in [0.2, 0.25) is 0 Å². The van der Waals surface area contributed by atoms with Gasteiger partial charge in [0.05, 0.1) is 17.7 Å². The van der Waals surface area contributed by atoms with Gasteiger partial charge < -0.3 is 14.5 Å². The number of hydrogen-bond acceptors (Lipinski definition) is 4. The van der Waals surface area contributed by atoms with E-state index < -0.39 is 0 Å². The van der Waals surface area contributed by atoms with Crippen LogP contribution in [-0.2, 0) is 27.1 Å². The largest absolute Gasteiger partial charge is 0.457 e. The lowest BCUT2D eigenvalue weighted by molar-refractivity contribution is 0.477. The van der Waals surface area contributed by atoms with Crippen LogP contribution < -0.4 is 14.5 Å². The normalized spacial score (nSPS) is 13.9. The van der Waals surface area contributed by atoms with Gasteiger partial charge in [-0.1, -0.05) is 175 Å². The van der Waals surface area contributed by atoms with Crippen LogP contribution in [0.25, 0.3) is 27.6 Å². The standard InChI is InChI=1S/C62H68N4O/c1-58(2,3)45-32-46(59(4,5)6)34-48(33-45)64-30-31-65(41-64)49-35-47(62(12,13)43-24-18-15-19-25-43)36-50(38-49)67-51-39-53(60(7,8)9)57-52-26-20-21-27-54(52)66(55(57)40-51)56-37-44(28-29-63-56)61(10,11)42-22-16-14-17-23-42/h14-40H,41H2,1-13H3. The number of fused-ring (bicyclic) bond motifs is 3. The first-order valence-corrected chi connectivity index (χ1v) is 24.0. The molecule has 0 fully saturated rings. The highest BCUT2D eigenvalue weighted by molar-refractivity contribution is 6.11. The minimum Gasteiger partial charge on any atom is -0.457 e.